The Balaban J connectivity index is 1.46. The van der Waals surface area contributed by atoms with E-state index in [0.29, 0.717) is 0 Å². The van der Waals surface area contributed by atoms with E-state index in [-0.39, 0.29) is 53.7 Å². The van der Waals surface area contributed by atoms with E-state index in [0.717, 1.165) is 0 Å². The molecule has 4 rings (SSSR count). The van der Waals surface area contributed by atoms with Gasteiger partial charge in [0.15, 0.2) is 5.76 Å². The molecule has 0 bridgehead atoms. The van der Waals surface area contributed by atoms with Crippen LogP contribution in [0.2, 0.25) is 0 Å². The largest absolute Gasteiger partial charge is 0.451 e. The van der Waals surface area contributed by atoms with Crippen molar-refractivity contribution in [1.82, 2.24) is 9.21 Å². The number of carbonyl (C=O) groups excluding carboxylic acids is 1. The molecule has 0 radical (unpaired) electrons. The van der Waals surface area contributed by atoms with E-state index < -0.39 is 21.7 Å². The zero-order valence-electron chi connectivity index (χ0n) is 16.4. The van der Waals surface area contributed by atoms with Crippen molar-refractivity contribution in [2.45, 2.75) is 4.90 Å². The number of carbonyl (C=O) groups is 1. The van der Waals surface area contributed by atoms with E-state index in [1.807, 2.05) is 6.07 Å². The minimum absolute atomic E-state index is 0.0437. The van der Waals surface area contributed by atoms with E-state index in [9.17, 15) is 22.9 Å². The van der Waals surface area contributed by atoms with Crippen LogP contribution >= 0.6 is 0 Å². The quantitative estimate of drug-likeness (QED) is 0.623. The average Bonchev–Trinajstić information content (AvgIpc) is 3.29. The highest BCUT2D eigenvalue weighted by Crippen LogP contribution is 2.26. The molecule has 0 saturated carbocycles. The number of sulfonamides is 1. The highest BCUT2D eigenvalue weighted by molar-refractivity contribution is 7.89. The molecule has 9 heteroatoms. The molecule has 0 atom stereocenters. The minimum atomic E-state index is -3.85. The number of nitrogens with zero attached hydrogens (tertiary/aromatic N) is 3. The van der Waals surface area contributed by atoms with E-state index in [4.69, 9.17) is 4.42 Å². The maximum atomic E-state index is 14.0. The third-order valence-corrected chi connectivity index (χ3v) is 7.06. The maximum Gasteiger partial charge on any atom is 0.289 e. The molecule has 0 N–H and O–H groups in total. The van der Waals surface area contributed by atoms with Crippen molar-refractivity contribution in [2.24, 2.45) is 0 Å². The Hall–Kier alpha value is -3.48. The lowest BCUT2D eigenvalue weighted by atomic mass is 10.1. The molecular formula is C22H18FN3O4S. The van der Waals surface area contributed by atoms with Crippen molar-refractivity contribution >= 4 is 15.9 Å². The Bertz CT molecular complexity index is 1270. The summed E-state index contributed by atoms with van der Waals surface area (Å²) in [6, 6.07) is 17.1. The summed E-state index contributed by atoms with van der Waals surface area (Å²) in [5.41, 5.74) is 0.339. The van der Waals surface area contributed by atoms with E-state index >= 15 is 0 Å². The molecule has 0 unspecified atom stereocenters. The fourth-order valence-electron chi connectivity index (χ4n) is 3.47. The Morgan fingerprint density at radius 2 is 1.65 bits per heavy atom. The van der Waals surface area contributed by atoms with Crippen molar-refractivity contribution in [1.29, 1.82) is 5.26 Å². The van der Waals surface area contributed by atoms with Crippen LogP contribution < -0.4 is 0 Å². The Kier molecular flexibility index (Phi) is 5.59. The van der Waals surface area contributed by atoms with Crippen LogP contribution in [0.5, 0.6) is 0 Å². The molecule has 7 nitrogen and oxygen atoms in total. The fourth-order valence-corrected chi connectivity index (χ4v) is 5.03. The fraction of sp³-hybridized carbons (Fsp3) is 0.182. The third-order valence-electron chi connectivity index (χ3n) is 5.11. The van der Waals surface area contributed by atoms with Crippen LogP contribution in [0.15, 0.2) is 70.0 Å². The van der Waals surface area contributed by atoms with Crippen LogP contribution in [0.4, 0.5) is 4.39 Å². The van der Waals surface area contributed by atoms with Gasteiger partial charge >= 0.3 is 0 Å². The number of hydrogen-bond acceptors (Lipinski definition) is 5. The number of furan rings is 1. The van der Waals surface area contributed by atoms with Crippen molar-refractivity contribution in [2.75, 3.05) is 26.2 Å². The summed E-state index contributed by atoms with van der Waals surface area (Å²) in [7, 11) is -3.85. The van der Waals surface area contributed by atoms with Gasteiger partial charge in [0.05, 0.1) is 16.0 Å². The molecule has 31 heavy (non-hydrogen) atoms. The van der Waals surface area contributed by atoms with Gasteiger partial charge in [0.1, 0.15) is 17.6 Å². The molecule has 1 aliphatic rings. The first-order valence-corrected chi connectivity index (χ1v) is 11.0. The van der Waals surface area contributed by atoms with Gasteiger partial charge < -0.3 is 9.32 Å². The predicted octanol–water partition coefficient (Wildman–Crippen LogP) is 3.10. The lowest BCUT2D eigenvalue weighted by Gasteiger charge is -2.33. The summed E-state index contributed by atoms with van der Waals surface area (Å²) >= 11 is 0. The summed E-state index contributed by atoms with van der Waals surface area (Å²) in [5, 5.41) is 9.20. The van der Waals surface area contributed by atoms with Crippen LogP contribution in [0.25, 0.3) is 11.3 Å². The normalized spacial score (nSPS) is 14.9. The zero-order chi connectivity index (χ0) is 22.0. The second-order valence-electron chi connectivity index (χ2n) is 6.95. The molecule has 2 aromatic carbocycles. The van der Waals surface area contributed by atoms with Gasteiger partial charge in [0, 0.05) is 26.2 Å². The summed E-state index contributed by atoms with van der Waals surface area (Å²) in [6.07, 6.45) is 0. The molecule has 1 fully saturated rings. The monoisotopic (exact) mass is 439 g/mol. The zero-order valence-corrected chi connectivity index (χ0v) is 17.2. The first kappa shape index (κ1) is 20.8. The molecule has 2 heterocycles. The first-order chi connectivity index (χ1) is 14.9. The second-order valence-corrected chi connectivity index (χ2v) is 8.85. The van der Waals surface area contributed by atoms with Gasteiger partial charge in [-0.25, -0.2) is 12.8 Å². The van der Waals surface area contributed by atoms with Crippen LogP contribution in [0.3, 0.4) is 0 Å². The van der Waals surface area contributed by atoms with Crippen molar-refractivity contribution in [3.8, 4) is 17.4 Å². The van der Waals surface area contributed by atoms with Crippen LogP contribution in [0, 0.1) is 17.1 Å². The number of halogens is 1. The van der Waals surface area contributed by atoms with E-state index in [1.165, 1.54) is 39.5 Å². The van der Waals surface area contributed by atoms with Gasteiger partial charge in [-0.15, -0.1) is 0 Å². The highest BCUT2D eigenvalue weighted by Gasteiger charge is 2.32. The number of nitriles is 1. The maximum absolute atomic E-state index is 14.0. The topological polar surface area (TPSA) is 94.6 Å². The second kappa shape index (κ2) is 8.34. The highest BCUT2D eigenvalue weighted by atomic mass is 32.2. The van der Waals surface area contributed by atoms with Gasteiger partial charge in [-0.05, 0) is 36.4 Å². The number of piperazine rings is 1. The SMILES string of the molecule is N#Cc1ccccc1S(=O)(=O)N1CCN(C(=O)c2ccc(-c3ccccc3F)o2)CC1. The summed E-state index contributed by atoms with van der Waals surface area (Å²) < 4.78 is 46.6. The molecule has 1 aromatic heterocycles. The van der Waals surface area contributed by atoms with E-state index in [1.54, 1.807) is 30.3 Å². The Morgan fingerprint density at radius 3 is 2.35 bits per heavy atom. The molecule has 158 valence electrons. The number of benzene rings is 2. The van der Waals surface area contributed by atoms with E-state index in [2.05, 4.69) is 0 Å². The lowest BCUT2D eigenvalue weighted by molar-refractivity contribution is 0.0667. The van der Waals surface area contributed by atoms with Gasteiger partial charge in [0.25, 0.3) is 5.91 Å². The number of hydrogen-bond donors (Lipinski definition) is 0. The first-order valence-electron chi connectivity index (χ1n) is 9.55. The van der Waals surface area contributed by atoms with Gasteiger partial charge in [-0.2, -0.15) is 9.57 Å². The average molecular weight is 439 g/mol. The van der Waals surface area contributed by atoms with Crippen LogP contribution in [-0.4, -0.2) is 49.7 Å². The molecule has 1 amide bonds. The third kappa shape index (κ3) is 3.95. The Labute approximate surface area is 179 Å². The molecule has 1 aliphatic heterocycles. The molecule has 0 spiro atoms. The van der Waals surface area contributed by atoms with Crippen molar-refractivity contribution in [3.63, 3.8) is 0 Å². The summed E-state index contributed by atoms with van der Waals surface area (Å²) in [5.74, 6) is -0.537. The van der Waals surface area contributed by atoms with Crippen LogP contribution in [-0.2, 0) is 10.0 Å². The Morgan fingerprint density at radius 1 is 0.968 bits per heavy atom. The minimum Gasteiger partial charge on any atom is -0.451 e. The van der Waals surface area contributed by atoms with Crippen molar-refractivity contribution < 1.29 is 22.0 Å². The molecule has 0 aliphatic carbocycles. The van der Waals surface area contributed by atoms with Gasteiger partial charge in [0.2, 0.25) is 10.0 Å². The molecule has 1 saturated heterocycles. The molecule has 3 aromatic rings. The number of rotatable bonds is 4. The van der Waals surface area contributed by atoms with Crippen LogP contribution in [0.1, 0.15) is 16.1 Å². The summed E-state index contributed by atoms with van der Waals surface area (Å²) in [6.45, 7) is 0.522. The number of amides is 1. The summed E-state index contributed by atoms with van der Waals surface area (Å²) in [4.78, 5) is 14.2. The van der Waals surface area contributed by atoms with Gasteiger partial charge in [-0.3, -0.25) is 4.79 Å². The standard InChI is InChI=1S/C22H18FN3O4S/c23-18-7-3-2-6-17(18)19-9-10-20(30-19)22(27)25-11-13-26(14-12-25)31(28,29)21-8-4-1-5-16(21)15-24/h1-10H,11-14H2. The van der Waals surface area contributed by atoms with Crippen molar-refractivity contribution in [3.05, 3.63) is 77.8 Å². The molecular weight excluding hydrogens is 421 g/mol. The van der Waals surface area contributed by atoms with Gasteiger partial charge in [-0.1, -0.05) is 24.3 Å². The predicted molar refractivity (Wildman–Crippen MR) is 110 cm³/mol. The lowest BCUT2D eigenvalue weighted by Crippen LogP contribution is -2.50. The smallest absolute Gasteiger partial charge is 0.289 e.